The molecule has 1 aliphatic rings. The van der Waals surface area contributed by atoms with E-state index in [9.17, 15) is 14.7 Å². The lowest BCUT2D eigenvalue weighted by atomic mass is 9.95. The molecule has 1 aliphatic heterocycles. The molecule has 4 aromatic rings. The molecule has 7 nitrogen and oxygen atoms in total. The number of Topliss-reactive ketones (excluding diaryl/α,β-unsaturated/α-hetero) is 1. The number of anilines is 1. The van der Waals surface area contributed by atoms with E-state index in [0.29, 0.717) is 26.4 Å². The number of amides is 1. The van der Waals surface area contributed by atoms with Crippen molar-refractivity contribution in [2.24, 2.45) is 0 Å². The first-order chi connectivity index (χ1) is 16.9. The molecule has 0 radical (unpaired) electrons. The maximum Gasteiger partial charge on any atom is 0.296 e. The van der Waals surface area contributed by atoms with Crippen LogP contribution < -0.4 is 4.90 Å². The summed E-state index contributed by atoms with van der Waals surface area (Å²) in [6, 6.07) is 18.9. The zero-order valence-electron chi connectivity index (χ0n) is 18.3. The average Bonchev–Trinajstić information content (AvgIpc) is 3.57. The Labute approximate surface area is 214 Å². The molecule has 0 spiro atoms. The largest absolute Gasteiger partial charge is 0.503 e. The fourth-order valence-corrected chi connectivity index (χ4v) is 5.71. The SMILES string of the molecule is Cc1ccc(C(=O)C2=C(O)C(=O)N(c3nnc(SCc4ccc(Cl)cc4)s3)C2c2ccccc2)o1. The van der Waals surface area contributed by atoms with Crippen LogP contribution in [0.4, 0.5) is 5.13 Å². The summed E-state index contributed by atoms with van der Waals surface area (Å²) in [5.74, 6) is -0.637. The van der Waals surface area contributed by atoms with Gasteiger partial charge in [0.15, 0.2) is 15.9 Å². The Balaban J connectivity index is 1.47. The van der Waals surface area contributed by atoms with Gasteiger partial charge in [-0.15, -0.1) is 10.2 Å². The summed E-state index contributed by atoms with van der Waals surface area (Å²) in [7, 11) is 0. The van der Waals surface area contributed by atoms with Gasteiger partial charge in [-0.2, -0.15) is 0 Å². The van der Waals surface area contributed by atoms with E-state index in [1.165, 1.54) is 34.1 Å². The van der Waals surface area contributed by atoms with E-state index in [0.717, 1.165) is 5.56 Å². The second-order valence-corrected chi connectivity index (χ2v) is 10.4. The summed E-state index contributed by atoms with van der Waals surface area (Å²) in [6.07, 6.45) is 0. The van der Waals surface area contributed by atoms with Crippen LogP contribution in [-0.2, 0) is 10.5 Å². The van der Waals surface area contributed by atoms with Gasteiger partial charge in [-0.1, -0.05) is 77.2 Å². The van der Waals surface area contributed by atoms with Crippen LogP contribution in [0.25, 0.3) is 0 Å². The maximum absolute atomic E-state index is 13.3. The van der Waals surface area contributed by atoms with E-state index in [2.05, 4.69) is 10.2 Å². The van der Waals surface area contributed by atoms with Gasteiger partial charge < -0.3 is 9.52 Å². The van der Waals surface area contributed by atoms with Crippen molar-refractivity contribution < 1.29 is 19.1 Å². The number of halogens is 1. The van der Waals surface area contributed by atoms with Gasteiger partial charge in [-0.25, -0.2) is 0 Å². The van der Waals surface area contributed by atoms with E-state index in [4.69, 9.17) is 16.0 Å². The molecule has 0 aliphatic carbocycles. The summed E-state index contributed by atoms with van der Waals surface area (Å²) in [5, 5.41) is 20.2. The third-order valence-corrected chi connectivity index (χ3v) is 7.79. The molecule has 176 valence electrons. The fourth-order valence-electron chi connectivity index (χ4n) is 3.76. The molecule has 0 bridgehead atoms. The van der Waals surface area contributed by atoms with Crippen LogP contribution in [0.2, 0.25) is 5.02 Å². The van der Waals surface area contributed by atoms with Crippen molar-refractivity contribution in [3.63, 3.8) is 0 Å². The van der Waals surface area contributed by atoms with E-state index in [1.54, 1.807) is 37.3 Å². The lowest BCUT2D eigenvalue weighted by Crippen LogP contribution is -2.31. The Kier molecular flexibility index (Phi) is 6.46. The van der Waals surface area contributed by atoms with Crippen molar-refractivity contribution in [2.75, 3.05) is 4.90 Å². The van der Waals surface area contributed by atoms with Gasteiger partial charge >= 0.3 is 0 Å². The average molecular weight is 524 g/mol. The van der Waals surface area contributed by atoms with Crippen LogP contribution in [0.5, 0.6) is 0 Å². The van der Waals surface area contributed by atoms with Gasteiger partial charge in [0.2, 0.25) is 10.9 Å². The van der Waals surface area contributed by atoms with Crippen molar-refractivity contribution in [2.45, 2.75) is 23.1 Å². The Hall–Kier alpha value is -3.40. The summed E-state index contributed by atoms with van der Waals surface area (Å²) in [4.78, 5) is 27.9. The molecule has 1 N–H and O–H groups in total. The number of hydrogen-bond donors (Lipinski definition) is 1. The third-order valence-electron chi connectivity index (χ3n) is 5.41. The summed E-state index contributed by atoms with van der Waals surface area (Å²) < 4.78 is 6.14. The Bertz CT molecular complexity index is 1430. The molecule has 1 unspecified atom stereocenters. The molecule has 0 fully saturated rings. The number of thioether (sulfide) groups is 1. The van der Waals surface area contributed by atoms with Crippen molar-refractivity contribution in [1.82, 2.24) is 10.2 Å². The van der Waals surface area contributed by atoms with Gasteiger partial charge in [0.1, 0.15) is 5.76 Å². The summed E-state index contributed by atoms with van der Waals surface area (Å²) in [6.45, 7) is 1.72. The highest BCUT2D eigenvalue weighted by molar-refractivity contribution is 8.00. The molecule has 0 saturated carbocycles. The second-order valence-electron chi connectivity index (χ2n) is 7.76. The number of aliphatic hydroxyl groups is 1. The quantitative estimate of drug-likeness (QED) is 0.176. The van der Waals surface area contributed by atoms with E-state index in [-0.39, 0.29) is 16.5 Å². The van der Waals surface area contributed by atoms with Gasteiger partial charge in [0.05, 0.1) is 11.6 Å². The van der Waals surface area contributed by atoms with E-state index < -0.39 is 23.5 Å². The molecule has 2 aromatic carbocycles. The minimum absolute atomic E-state index is 0.0519. The highest BCUT2D eigenvalue weighted by Crippen LogP contribution is 2.44. The second kappa shape index (κ2) is 9.69. The molecule has 1 atom stereocenters. The molecular formula is C25H18ClN3O4S2. The molecule has 10 heteroatoms. The lowest BCUT2D eigenvalue weighted by Gasteiger charge is -2.23. The van der Waals surface area contributed by atoms with E-state index in [1.807, 2.05) is 30.3 Å². The van der Waals surface area contributed by atoms with Crippen LogP contribution in [0.3, 0.4) is 0 Å². The third kappa shape index (κ3) is 4.62. The molecular weight excluding hydrogens is 506 g/mol. The fraction of sp³-hybridized carbons (Fsp3) is 0.120. The van der Waals surface area contributed by atoms with Gasteiger partial charge in [-0.05, 0) is 42.3 Å². The van der Waals surface area contributed by atoms with Crippen LogP contribution >= 0.6 is 34.7 Å². The molecule has 35 heavy (non-hydrogen) atoms. The first-order valence-corrected chi connectivity index (χ1v) is 12.7. The molecule has 1 amide bonds. The first-order valence-electron chi connectivity index (χ1n) is 10.6. The first kappa shape index (κ1) is 23.3. The van der Waals surface area contributed by atoms with Crippen molar-refractivity contribution in [3.05, 3.63) is 106 Å². The number of aryl methyl sites for hydroxylation is 1. The molecule has 5 rings (SSSR count). The Morgan fingerprint density at radius 3 is 2.54 bits per heavy atom. The van der Waals surface area contributed by atoms with Gasteiger partial charge in [-0.3, -0.25) is 14.5 Å². The number of rotatable bonds is 7. The Morgan fingerprint density at radius 2 is 1.86 bits per heavy atom. The number of carbonyl (C=O) groups excluding carboxylic acids is 2. The molecule has 2 aromatic heterocycles. The number of hydrogen-bond acceptors (Lipinski definition) is 8. The number of aromatic nitrogens is 2. The minimum atomic E-state index is -0.872. The predicted molar refractivity (Wildman–Crippen MR) is 135 cm³/mol. The standard InChI is InChI=1S/C25H18ClN3O4S2/c1-14-7-12-18(33-14)21(30)19-20(16-5-3-2-4-6-16)29(23(32)22(19)31)24-27-28-25(35-24)34-13-15-8-10-17(26)11-9-15/h2-12,20,31H,13H2,1H3. The van der Waals surface area contributed by atoms with Crippen molar-refractivity contribution in [3.8, 4) is 0 Å². The highest BCUT2D eigenvalue weighted by Gasteiger charge is 2.46. The monoisotopic (exact) mass is 523 g/mol. The zero-order chi connectivity index (χ0) is 24.5. The van der Waals surface area contributed by atoms with Crippen molar-refractivity contribution >= 4 is 51.5 Å². The number of ketones is 1. The Morgan fingerprint density at radius 1 is 1.11 bits per heavy atom. The number of furan rings is 1. The molecule has 3 heterocycles. The predicted octanol–water partition coefficient (Wildman–Crippen LogP) is 6.17. The minimum Gasteiger partial charge on any atom is -0.503 e. The van der Waals surface area contributed by atoms with Crippen LogP contribution in [-0.4, -0.2) is 27.0 Å². The number of aliphatic hydroxyl groups excluding tert-OH is 1. The van der Waals surface area contributed by atoms with Gasteiger partial charge in [0.25, 0.3) is 5.91 Å². The smallest absolute Gasteiger partial charge is 0.296 e. The molecule has 0 saturated heterocycles. The lowest BCUT2D eigenvalue weighted by molar-refractivity contribution is -0.117. The van der Waals surface area contributed by atoms with Crippen molar-refractivity contribution in [1.29, 1.82) is 0 Å². The number of nitrogens with zero attached hydrogens (tertiary/aromatic N) is 3. The van der Waals surface area contributed by atoms with Crippen LogP contribution in [0.1, 0.15) is 33.5 Å². The maximum atomic E-state index is 13.3. The normalized spacial score (nSPS) is 15.8. The van der Waals surface area contributed by atoms with Crippen LogP contribution in [0.15, 0.2) is 86.8 Å². The zero-order valence-corrected chi connectivity index (χ0v) is 20.7. The topological polar surface area (TPSA) is 96.5 Å². The number of benzene rings is 2. The van der Waals surface area contributed by atoms with E-state index >= 15 is 0 Å². The van der Waals surface area contributed by atoms with Crippen LogP contribution in [0, 0.1) is 6.92 Å². The van der Waals surface area contributed by atoms with Gasteiger partial charge in [0, 0.05) is 10.8 Å². The summed E-state index contributed by atoms with van der Waals surface area (Å²) >= 11 is 8.64. The highest BCUT2D eigenvalue weighted by atomic mass is 35.5. The summed E-state index contributed by atoms with van der Waals surface area (Å²) in [5.41, 5.74) is 1.67. The number of carbonyl (C=O) groups is 2.